The van der Waals surface area contributed by atoms with Crippen LogP contribution in [0.2, 0.25) is 0 Å². The van der Waals surface area contributed by atoms with Crippen molar-refractivity contribution in [3.63, 3.8) is 0 Å². The summed E-state index contributed by atoms with van der Waals surface area (Å²) in [6.45, 7) is 6.60. The molecule has 2 N–H and O–H groups in total. The predicted octanol–water partition coefficient (Wildman–Crippen LogP) is 5.87. The number of nitrogens with zero attached hydrogens (tertiary/aromatic N) is 1. The molecular weight excluding hydrogens is 429 g/mol. The van der Waals surface area contributed by atoms with Crippen LogP contribution in [0.25, 0.3) is 10.9 Å². The van der Waals surface area contributed by atoms with E-state index in [1.165, 1.54) is 24.3 Å². The molecule has 0 radical (unpaired) electrons. The first kappa shape index (κ1) is 23.2. The number of aryl methyl sites for hydroxylation is 3. The van der Waals surface area contributed by atoms with Crippen LogP contribution in [0.15, 0.2) is 71.5 Å². The lowest BCUT2D eigenvalue weighted by atomic mass is 10.0. The zero-order valence-electron chi connectivity index (χ0n) is 19.6. The molecule has 0 saturated heterocycles. The Balaban J connectivity index is 1.62. The molecule has 1 heterocycles. The van der Waals surface area contributed by atoms with Crippen LogP contribution >= 0.6 is 0 Å². The van der Waals surface area contributed by atoms with Gasteiger partial charge in [0.05, 0.1) is 6.54 Å². The van der Waals surface area contributed by atoms with Crippen molar-refractivity contribution in [2.24, 2.45) is 0 Å². The molecule has 0 bridgehead atoms. The Morgan fingerprint density at radius 3 is 2.47 bits per heavy atom. The molecule has 0 saturated carbocycles. The maximum atomic E-state index is 13.3. The second-order valence-corrected chi connectivity index (χ2v) is 8.76. The van der Waals surface area contributed by atoms with Crippen LogP contribution in [-0.4, -0.2) is 22.5 Å². The molecule has 0 unspecified atom stereocenters. The Morgan fingerprint density at radius 1 is 0.971 bits per heavy atom. The highest BCUT2D eigenvalue weighted by molar-refractivity contribution is 5.89. The molecule has 6 heteroatoms. The molecule has 3 aromatic carbocycles. The number of aromatic amines is 1. The normalized spacial score (nSPS) is 10.9. The third-order valence-corrected chi connectivity index (χ3v) is 5.89. The average molecular weight is 458 g/mol. The number of H-pyrrole nitrogens is 1. The van der Waals surface area contributed by atoms with Crippen LogP contribution in [0.3, 0.4) is 0 Å². The van der Waals surface area contributed by atoms with Crippen LogP contribution < -0.4 is 10.9 Å². The first-order valence-electron chi connectivity index (χ1n) is 11.3. The second kappa shape index (κ2) is 9.91. The van der Waals surface area contributed by atoms with E-state index in [0.29, 0.717) is 24.2 Å². The lowest BCUT2D eigenvalue weighted by molar-refractivity contribution is 0.209. The maximum absolute atomic E-state index is 13.3. The van der Waals surface area contributed by atoms with Crippen molar-refractivity contribution in [1.29, 1.82) is 0 Å². The number of fused-ring (bicyclic) bond motifs is 1. The Hall–Kier alpha value is -3.93. The van der Waals surface area contributed by atoms with Gasteiger partial charge in [-0.15, -0.1) is 0 Å². The Morgan fingerprint density at radius 2 is 1.74 bits per heavy atom. The van der Waals surface area contributed by atoms with Gasteiger partial charge in [-0.1, -0.05) is 35.9 Å². The van der Waals surface area contributed by atoms with E-state index in [9.17, 15) is 14.0 Å². The van der Waals surface area contributed by atoms with Gasteiger partial charge in [-0.25, -0.2) is 9.18 Å². The van der Waals surface area contributed by atoms with Gasteiger partial charge in [0.1, 0.15) is 5.82 Å². The SMILES string of the molecule is Cc1cccc(CCN(Cc2cc3c(C)cc(C)cc3[nH]c2=O)C(=O)Nc2ccc(F)cc2)c1. The van der Waals surface area contributed by atoms with Gasteiger partial charge < -0.3 is 15.2 Å². The fraction of sp³-hybridized carbons (Fsp3) is 0.214. The number of carbonyl (C=O) groups is 1. The first-order valence-corrected chi connectivity index (χ1v) is 11.3. The quantitative estimate of drug-likeness (QED) is 0.380. The minimum Gasteiger partial charge on any atom is -0.322 e. The third-order valence-electron chi connectivity index (χ3n) is 5.89. The molecule has 4 aromatic rings. The van der Waals surface area contributed by atoms with Crippen molar-refractivity contribution >= 4 is 22.6 Å². The van der Waals surface area contributed by atoms with Gasteiger partial charge in [0.25, 0.3) is 5.56 Å². The molecule has 2 amide bonds. The Bertz CT molecular complexity index is 1390. The molecule has 0 atom stereocenters. The van der Waals surface area contributed by atoms with Crippen molar-refractivity contribution in [3.8, 4) is 0 Å². The Kier molecular flexibility index (Phi) is 6.77. The summed E-state index contributed by atoms with van der Waals surface area (Å²) in [5.41, 5.74) is 5.97. The topological polar surface area (TPSA) is 65.2 Å². The number of benzene rings is 3. The number of urea groups is 1. The zero-order chi connectivity index (χ0) is 24.2. The molecule has 174 valence electrons. The molecule has 0 spiro atoms. The molecule has 4 rings (SSSR count). The summed E-state index contributed by atoms with van der Waals surface area (Å²) >= 11 is 0. The third kappa shape index (κ3) is 5.52. The van der Waals surface area contributed by atoms with E-state index in [-0.39, 0.29) is 24.0 Å². The van der Waals surface area contributed by atoms with Gasteiger partial charge in [-0.2, -0.15) is 0 Å². The second-order valence-electron chi connectivity index (χ2n) is 8.76. The van der Waals surface area contributed by atoms with Crippen LogP contribution in [0.1, 0.15) is 27.8 Å². The van der Waals surface area contributed by atoms with E-state index in [4.69, 9.17) is 0 Å². The number of nitrogens with one attached hydrogen (secondary N) is 2. The van der Waals surface area contributed by atoms with E-state index >= 15 is 0 Å². The summed E-state index contributed by atoms with van der Waals surface area (Å²) in [6, 6.07) is 19.3. The number of amides is 2. The molecule has 0 aliphatic heterocycles. The zero-order valence-corrected chi connectivity index (χ0v) is 19.6. The minimum absolute atomic E-state index is 0.150. The lowest BCUT2D eigenvalue weighted by Gasteiger charge is -2.23. The fourth-order valence-corrected chi connectivity index (χ4v) is 4.16. The summed E-state index contributed by atoms with van der Waals surface area (Å²) in [7, 11) is 0. The molecule has 0 fully saturated rings. The van der Waals surface area contributed by atoms with E-state index in [2.05, 4.69) is 22.4 Å². The molecule has 0 aliphatic rings. The van der Waals surface area contributed by atoms with Gasteiger partial charge in [0, 0.05) is 28.7 Å². The van der Waals surface area contributed by atoms with Crippen LogP contribution in [0.4, 0.5) is 14.9 Å². The standard InChI is InChI=1S/C28H28FN3O2/c1-18-5-4-6-21(14-18)11-12-32(28(34)30-24-9-7-23(29)8-10-24)17-22-16-25-20(3)13-19(2)15-26(25)31-27(22)33/h4-10,13-16H,11-12,17H2,1-3H3,(H,30,34)(H,31,33). The van der Waals surface area contributed by atoms with Gasteiger partial charge in [0.2, 0.25) is 0 Å². The summed E-state index contributed by atoms with van der Waals surface area (Å²) in [4.78, 5) is 30.6. The summed E-state index contributed by atoms with van der Waals surface area (Å²) in [5, 5.41) is 3.78. The monoisotopic (exact) mass is 457 g/mol. The largest absolute Gasteiger partial charge is 0.322 e. The first-order chi connectivity index (χ1) is 16.3. The number of anilines is 1. The van der Waals surface area contributed by atoms with Gasteiger partial charge in [-0.05, 0) is 80.3 Å². The van der Waals surface area contributed by atoms with Gasteiger partial charge in [0.15, 0.2) is 0 Å². The summed E-state index contributed by atoms with van der Waals surface area (Å²) < 4.78 is 13.3. The highest BCUT2D eigenvalue weighted by atomic mass is 19.1. The molecule has 1 aromatic heterocycles. The van der Waals surface area contributed by atoms with E-state index < -0.39 is 0 Å². The maximum Gasteiger partial charge on any atom is 0.322 e. The number of hydrogen-bond donors (Lipinski definition) is 2. The van der Waals surface area contributed by atoms with Crippen molar-refractivity contribution in [2.75, 3.05) is 11.9 Å². The fourth-order valence-electron chi connectivity index (χ4n) is 4.16. The van der Waals surface area contributed by atoms with Crippen LogP contribution in [0, 0.1) is 26.6 Å². The molecule has 0 aliphatic carbocycles. The van der Waals surface area contributed by atoms with Crippen molar-refractivity contribution in [2.45, 2.75) is 33.7 Å². The number of halogens is 1. The van der Waals surface area contributed by atoms with Crippen molar-refractivity contribution in [1.82, 2.24) is 9.88 Å². The van der Waals surface area contributed by atoms with Crippen LogP contribution in [-0.2, 0) is 13.0 Å². The highest BCUT2D eigenvalue weighted by Gasteiger charge is 2.17. The summed E-state index contributed by atoms with van der Waals surface area (Å²) in [5.74, 6) is -0.373. The number of pyridine rings is 1. The van der Waals surface area contributed by atoms with Crippen molar-refractivity contribution < 1.29 is 9.18 Å². The van der Waals surface area contributed by atoms with E-state index in [1.54, 1.807) is 4.90 Å². The number of carbonyl (C=O) groups excluding carboxylic acids is 1. The van der Waals surface area contributed by atoms with Gasteiger partial charge in [-0.3, -0.25) is 4.79 Å². The van der Waals surface area contributed by atoms with E-state index in [1.807, 2.05) is 51.1 Å². The average Bonchev–Trinajstić information content (AvgIpc) is 2.78. The van der Waals surface area contributed by atoms with Crippen LogP contribution in [0.5, 0.6) is 0 Å². The van der Waals surface area contributed by atoms with Gasteiger partial charge >= 0.3 is 6.03 Å². The predicted molar refractivity (Wildman–Crippen MR) is 135 cm³/mol. The Labute approximate surface area is 198 Å². The molecule has 5 nitrogen and oxygen atoms in total. The molecular formula is C28H28FN3O2. The summed E-state index contributed by atoms with van der Waals surface area (Å²) in [6.07, 6.45) is 0.641. The molecule has 34 heavy (non-hydrogen) atoms. The van der Waals surface area contributed by atoms with E-state index in [0.717, 1.165) is 33.2 Å². The number of rotatable bonds is 6. The number of hydrogen-bond acceptors (Lipinski definition) is 2. The lowest BCUT2D eigenvalue weighted by Crippen LogP contribution is -2.37. The number of aromatic nitrogens is 1. The van der Waals surface area contributed by atoms with Crippen molar-refractivity contribution in [3.05, 3.63) is 111 Å². The minimum atomic E-state index is -0.373. The highest BCUT2D eigenvalue weighted by Crippen LogP contribution is 2.19. The smallest absolute Gasteiger partial charge is 0.322 e.